The summed E-state index contributed by atoms with van der Waals surface area (Å²) in [6, 6.07) is 0. The fourth-order valence-electron chi connectivity index (χ4n) is 0.932. The van der Waals surface area contributed by atoms with Crippen LogP contribution in [-0.4, -0.2) is 20.6 Å². The minimum absolute atomic E-state index is 0.0430. The van der Waals surface area contributed by atoms with E-state index in [4.69, 9.17) is 5.11 Å². The van der Waals surface area contributed by atoms with E-state index in [-0.39, 0.29) is 17.7 Å². The van der Waals surface area contributed by atoms with Crippen molar-refractivity contribution in [1.29, 1.82) is 0 Å². The Balaban J connectivity index is 3.08. The van der Waals surface area contributed by atoms with Crippen LogP contribution in [0.1, 0.15) is 5.69 Å². The number of halogens is 1. The second kappa shape index (κ2) is 4.56. The minimum atomic E-state index is -1.11. The third-order valence-corrected chi connectivity index (χ3v) is 3.06. The lowest BCUT2D eigenvalue weighted by Crippen LogP contribution is -2.26. The Kier molecular flexibility index (Phi) is 3.61. The van der Waals surface area contributed by atoms with Gasteiger partial charge >= 0.3 is 5.97 Å². The molecule has 0 atom stereocenters. The predicted octanol–water partition coefficient (Wildman–Crippen LogP) is 0.797. The van der Waals surface area contributed by atoms with E-state index < -0.39 is 5.97 Å². The Morgan fingerprint density at radius 2 is 2.33 bits per heavy atom. The number of carboxylic acid groups (broad SMARTS) is 1. The Labute approximate surface area is 99.6 Å². The lowest BCUT2D eigenvalue weighted by Gasteiger charge is -2.06. The van der Waals surface area contributed by atoms with Gasteiger partial charge in [0.15, 0.2) is 0 Å². The van der Waals surface area contributed by atoms with Gasteiger partial charge < -0.3 is 5.11 Å². The van der Waals surface area contributed by atoms with Crippen LogP contribution in [0.3, 0.4) is 0 Å². The zero-order valence-corrected chi connectivity index (χ0v) is 10.2. The van der Waals surface area contributed by atoms with Crippen molar-refractivity contribution in [3.63, 3.8) is 0 Å². The molecule has 1 aromatic rings. The van der Waals surface area contributed by atoms with Crippen molar-refractivity contribution >= 4 is 28.6 Å². The molecule has 1 N–H and O–H groups in total. The number of nitrogens with zero attached hydrogens (tertiary/aromatic N) is 2. The quantitative estimate of drug-likeness (QED) is 0.660. The summed E-state index contributed by atoms with van der Waals surface area (Å²) in [6.45, 7) is 5.03. The van der Waals surface area contributed by atoms with Gasteiger partial charge in [0, 0.05) is 5.57 Å². The monoisotopic (exact) mass is 320 g/mol. The topological polar surface area (TPSA) is 72.2 Å². The highest BCUT2D eigenvalue weighted by Crippen LogP contribution is 2.02. The van der Waals surface area contributed by atoms with Crippen LogP contribution in [0.2, 0.25) is 0 Å². The molecule has 0 bridgehead atoms. The first-order valence-electron chi connectivity index (χ1n) is 4.06. The molecule has 1 aromatic heterocycles. The van der Waals surface area contributed by atoms with Gasteiger partial charge in [0.1, 0.15) is 0 Å². The minimum Gasteiger partial charge on any atom is -0.478 e. The van der Waals surface area contributed by atoms with Crippen LogP contribution in [0.4, 0.5) is 0 Å². The molecule has 0 spiro atoms. The highest BCUT2D eigenvalue weighted by Gasteiger charge is 2.09. The first-order valence-corrected chi connectivity index (χ1v) is 5.14. The van der Waals surface area contributed by atoms with Crippen molar-refractivity contribution in [2.45, 2.75) is 13.5 Å². The van der Waals surface area contributed by atoms with Gasteiger partial charge in [-0.3, -0.25) is 9.36 Å². The molecule has 6 heteroatoms. The molecule has 0 aromatic carbocycles. The number of aryl methyl sites for hydroxylation is 1. The second-order valence-electron chi connectivity index (χ2n) is 2.99. The van der Waals surface area contributed by atoms with Gasteiger partial charge in [-0.25, -0.2) is 9.78 Å². The van der Waals surface area contributed by atoms with Crippen molar-refractivity contribution in [3.8, 4) is 0 Å². The largest absolute Gasteiger partial charge is 0.478 e. The van der Waals surface area contributed by atoms with Crippen molar-refractivity contribution in [3.05, 3.63) is 38.1 Å². The maximum Gasteiger partial charge on any atom is 0.332 e. The molecule has 0 saturated carbocycles. The molecule has 0 amide bonds. The van der Waals surface area contributed by atoms with Crippen LogP contribution in [0.15, 0.2) is 23.3 Å². The van der Waals surface area contributed by atoms with Crippen molar-refractivity contribution in [1.82, 2.24) is 9.55 Å². The maximum atomic E-state index is 11.6. The maximum absolute atomic E-state index is 11.6. The SMILES string of the molecule is C=C(Cn1cnc(C)c(I)c1=O)C(=O)O. The van der Waals surface area contributed by atoms with Crippen LogP contribution in [0.25, 0.3) is 0 Å². The number of aliphatic carboxylic acids is 1. The molecule has 0 fully saturated rings. The molecule has 1 heterocycles. The fraction of sp³-hybridized carbons (Fsp3) is 0.222. The summed E-state index contributed by atoms with van der Waals surface area (Å²) < 4.78 is 1.72. The van der Waals surface area contributed by atoms with Gasteiger partial charge in [-0.2, -0.15) is 0 Å². The molecule has 80 valence electrons. The molecule has 0 aliphatic heterocycles. The average Bonchev–Trinajstić information content (AvgIpc) is 2.18. The van der Waals surface area contributed by atoms with Crippen molar-refractivity contribution in [2.24, 2.45) is 0 Å². The molecule has 5 nitrogen and oxygen atoms in total. The third kappa shape index (κ3) is 2.65. The van der Waals surface area contributed by atoms with E-state index in [0.29, 0.717) is 9.26 Å². The number of aromatic nitrogens is 2. The number of rotatable bonds is 3. The summed E-state index contributed by atoms with van der Waals surface area (Å²) in [5.74, 6) is -1.11. The Hall–Kier alpha value is -1.18. The summed E-state index contributed by atoms with van der Waals surface area (Å²) in [7, 11) is 0. The van der Waals surface area contributed by atoms with Crippen molar-refractivity contribution < 1.29 is 9.90 Å². The summed E-state index contributed by atoms with van der Waals surface area (Å²) in [6.07, 6.45) is 1.33. The van der Waals surface area contributed by atoms with Gasteiger partial charge in [0.25, 0.3) is 5.56 Å². The van der Waals surface area contributed by atoms with Crippen LogP contribution >= 0.6 is 22.6 Å². The molecule has 15 heavy (non-hydrogen) atoms. The first-order chi connectivity index (χ1) is 6.93. The molecule has 0 radical (unpaired) electrons. The molecule has 0 aliphatic carbocycles. The fourth-order valence-corrected chi connectivity index (χ4v) is 1.38. The van der Waals surface area contributed by atoms with E-state index in [1.54, 1.807) is 6.92 Å². The van der Waals surface area contributed by atoms with E-state index >= 15 is 0 Å². The lowest BCUT2D eigenvalue weighted by atomic mass is 10.3. The predicted molar refractivity (Wildman–Crippen MR) is 62.7 cm³/mol. The van der Waals surface area contributed by atoms with Gasteiger partial charge in [-0.05, 0) is 29.5 Å². The second-order valence-corrected chi connectivity index (χ2v) is 4.06. The first kappa shape index (κ1) is 11.9. The number of carboxylic acids is 1. The summed E-state index contributed by atoms with van der Waals surface area (Å²) >= 11 is 1.89. The Bertz CT molecular complexity index is 479. The Morgan fingerprint density at radius 3 is 2.87 bits per heavy atom. The highest BCUT2D eigenvalue weighted by atomic mass is 127. The van der Waals surface area contributed by atoms with Crippen LogP contribution in [-0.2, 0) is 11.3 Å². The molecule has 0 saturated heterocycles. The smallest absolute Gasteiger partial charge is 0.332 e. The zero-order valence-electron chi connectivity index (χ0n) is 8.03. The van der Waals surface area contributed by atoms with E-state index in [2.05, 4.69) is 11.6 Å². The highest BCUT2D eigenvalue weighted by molar-refractivity contribution is 14.1. The number of carbonyl (C=O) groups is 1. The lowest BCUT2D eigenvalue weighted by molar-refractivity contribution is -0.132. The normalized spacial score (nSPS) is 10.0. The van der Waals surface area contributed by atoms with Crippen LogP contribution in [0.5, 0.6) is 0 Å². The van der Waals surface area contributed by atoms with E-state index in [1.165, 1.54) is 10.9 Å². The molecule has 1 rings (SSSR count). The third-order valence-electron chi connectivity index (χ3n) is 1.82. The summed E-state index contributed by atoms with van der Waals surface area (Å²) in [5.41, 5.74) is 0.349. The van der Waals surface area contributed by atoms with Gasteiger partial charge in [-0.15, -0.1) is 0 Å². The van der Waals surface area contributed by atoms with E-state index in [0.717, 1.165) is 0 Å². The summed E-state index contributed by atoms with van der Waals surface area (Å²) in [5, 5.41) is 8.62. The molecular weight excluding hydrogens is 311 g/mol. The van der Waals surface area contributed by atoms with E-state index in [1.807, 2.05) is 22.6 Å². The standard InChI is InChI=1S/C9H9IN2O3/c1-5(9(14)15)3-12-4-11-6(2)7(10)8(12)13/h4H,1,3H2,2H3,(H,14,15). The van der Waals surface area contributed by atoms with Crippen molar-refractivity contribution in [2.75, 3.05) is 0 Å². The van der Waals surface area contributed by atoms with Gasteiger partial charge in [0.05, 0.1) is 22.1 Å². The van der Waals surface area contributed by atoms with Crippen LogP contribution in [0, 0.1) is 10.5 Å². The van der Waals surface area contributed by atoms with Gasteiger partial charge in [-0.1, -0.05) is 6.58 Å². The van der Waals surface area contributed by atoms with Crippen LogP contribution < -0.4 is 5.56 Å². The Morgan fingerprint density at radius 1 is 1.73 bits per heavy atom. The number of hydrogen-bond acceptors (Lipinski definition) is 3. The zero-order chi connectivity index (χ0) is 11.6. The average molecular weight is 320 g/mol. The molecule has 0 aliphatic rings. The van der Waals surface area contributed by atoms with Gasteiger partial charge in [0.2, 0.25) is 0 Å². The number of hydrogen-bond donors (Lipinski definition) is 1. The molecule has 0 unspecified atom stereocenters. The molecular formula is C9H9IN2O3. The van der Waals surface area contributed by atoms with E-state index in [9.17, 15) is 9.59 Å². The summed E-state index contributed by atoms with van der Waals surface area (Å²) in [4.78, 5) is 26.1.